The van der Waals surface area contributed by atoms with Crippen molar-refractivity contribution in [3.63, 3.8) is 0 Å². The summed E-state index contributed by atoms with van der Waals surface area (Å²) in [6, 6.07) is 7.75. The van der Waals surface area contributed by atoms with Crippen molar-refractivity contribution in [1.29, 1.82) is 0 Å². The van der Waals surface area contributed by atoms with Gasteiger partial charge in [0, 0.05) is 12.2 Å². The van der Waals surface area contributed by atoms with Crippen LogP contribution in [-0.4, -0.2) is 44.1 Å². The molecule has 1 N–H and O–H groups in total. The summed E-state index contributed by atoms with van der Waals surface area (Å²) in [5, 5.41) is 3.01. The lowest BCUT2D eigenvalue weighted by Gasteiger charge is -2.27. The minimum absolute atomic E-state index is 0.0513. The van der Waals surface area contributed by atoms with E-state index in [0.717, 1.165) is 37.0 Å². The van der Waals surface area contributed by atoms with Gasteiger partial charge in [0.2, 0.25) is 0 Å². The van der Waals surface area contributed by atoms with Gasteiger partial charge in [-0.2, -0.15) is 0 Å². The first-order valence-electron chi connectivity index (χ1n) is 8.09. The second-order valence-corrected chi connectivity index (χ2v) is 5.69. The van der Waals surface area contributed by atoms with Crippen molar-refractivity contribution < 1.29 is 19.1 Å². The average molecular weight is 332 g/mol. The Morgan fingerprint density at radius 2 is 1.83 bits per heavy atom. The molecule has 1 aliphatic rings. The summed E-state index contributed by atoms with van der Waals surface area (Å²) in [6.45, 7) is 2.96. The molecule has 1 aromatic rings. The zero-order valence-corrected chi connectivity index (χ0v) is 14.2. The number of methoxy groups -OCH3 is 2. The minimum Gasteiger partial charge on any atom is -0.466 e. The molecule has 6 nitrogen and oxygen atoms in total. The van der Waals surface area contributed by atoms with Gasteiger partial charge in [-0.1, -0.05) is 24.6 Å². The summed E-state index contributed by atoms with van der Waals surface area (Å²) >= 11 is 0. The van der Waals surface area contributed by atoms with Crippen LogP contribution in [0.1, 0.15) is 24.8 Å². The predicted molar refractivity (Wildman–Crippen MR) is 91.3 cm³/mol. The van der Waals surface area contributed by atoms with Crippen LogP contribution in [0.4, 0.5) is 5.69 Å². The number of rotatable bonds is 6. The Balaban J connectivity index is 2.18. The highest BCUT2D eigenvalue weighted by atomic mass is 16.5. The minimum atomic E-state index is -0.617. The van der Waals surface area contributed by atoms with Gasteiger partial charge in [0.1, 0.15) is 5.70 Å². The fourth-order valence-corrected chi connectivity index (χ4v) is 2.72. The van der Waals surface area contributed by atoms with Gasteiger partial charge in [0.25, 0.3) is 0 Å². The smallest absolute Gasteiger partial charge is 0.354 e. The second-order valence-electron chi connectivity index (χ2n) is 5.69. The quantitative estimate of drug-likeness (QED) is 0.637. The van der Waals surface area contributed by atoms with Crippen molar-refractivity contribution in [2.75, 3.05) is 32.6 Å². The van der Waals surface area contributed by atoms with E-state index in [0.29, 0.717) is 0 Å². The monoisotopic (exact) mass is 332 g/mol. The Bertz CT molecular complexity index is 607. The highest BCUT2D eigenvalue weighted by Crippen LogP contribution is 2.21. The largest absolute Gasteiger partial charge is 0.466 e. The van der Waals surface area contributed by atoms with Crippen LogP contribution in [-0.2, 0) is 25.6 Å². The zero-order valence-electron chi connectivity index (χ0n) is 14.2. The maximum absolute atomic E-state index is 11.9. The summed E-state index contributed by atoms with van der Waals surface area (Å²) < 4.78 is 9.33. The molecule has 0 radical (unpaired) electrons. The van der Waals surface area contributed by atoms with Gasteiger partial charge in [-0.05, 0) is 37.6 Å². The van der Waals surface area contributed by atoms with Crippen LogP contribution in [0.5, 0.6) is 0 Å². The Hall–Kier alpha value is -2.34. The molecule has 0 aromatic heterocycles. The molecule has 1 aromatic carbocycles. The molecule has 2 rings (SSSR count). The van der Waals surface area contributed by atoms with Crippen molar-refractivity contribution in [2.45, 2.75) is 25.8 Å². The van der Waals surface area contributed by atoms with E-state index in [2.05, 4.69) is 15.0 Å². The van der Waals surface area contributed by atoms with Crippen LogP contribution in [0.2, 0.25) is 0 Å². The van der Waals surface area contributed by atoms with Gasteiger partial charge in [-0.15, -0.1) is 0 Å². The molecule has 1 saturated heterocycles. The van der Waals surface area contributed by atoms with Gasteiger partial charge < -0.3 is 14.8 Å². The van der Waals surface area contributed by atoms with E-state index in [-0.39, 0.29) is 5.70 Å². The molecular formula is C18H24N2O4. The van der Waals surface area contributed by atoms with E-state index in [1.165, 1.54) is 33.5 Å². The third-order valence-corrected chi connectivity index (χ3v) is 4.00. The fourth-order valence-electron chi connectivity index (χ4n) is 2.72. The number of carbonyl (C=O) groups excluding carboxylic acids is 2. The molecule has 1 fully saturated rings. The SMILES string of the molecule is COC(=O)/C=C(/Nc1ccccc1CN1CCCCC1)C(=O)OC. The molecule has 130 valence electrons. The number of likely N-dealkylation sites (tertiary alicyclic amines) is 1. The number of esters is 2. The number of benzene rings is 1. The lowest BCUT2D eigenvalue weighted by Crippen LogP contribution is -2.29. The van der Waals surface area contributed by atoms with Crippen LogP contribution in [0.3, 0.4) is 0 Å². The molecule has 0 bridgehead atoms. The van der Waals surface area contributed by atoms with Crippen LogP contribution < -0.4 is 5.32 Å². The molecule has 6 heteroatoms. The first kappa shape index (κ1) is 18.0. The van der Waals surface area contributed by atoms with Crippen LogP contribution in [0, 0.1) is 0 Å². The first-order valence-corrected chi connectivity index (χ1v) is 8.09. The van der Waals surface area contributed by atoms with E-state index in [9.17, 15) is 9.59 Å². The van der Waals surface area contributed by atoms with Gasteiger partial charge in [0.05, 0.1) is 20.3 Å². The molecule has 24 heavy (non-hydrogen) atoms. The maximum Gasteiger partial charge on any atom is 0.354 e. The number of hydrogen-bond acceptors (Lipinski definition) is 6. The van der Waals surface area contributed by atoms with Crippen molar-refractivity contribution >= 4 is 17.6 Å². The van der Waals surface area contributed by atoms with Crippen molar-refractivity contribution in [3.05, 3.63) is 41.6 Å². The van der Waals surface area contributed by atoms with Gasteiger partial charge >= 0.3 is 11.9 Å². The van der Waals surface area contributed by atoms with E-state index in [4.69, 9.17) is 4.74 Å². The van der Waals surface area contributed by atoms with Gasteiger partial charge in [-0.25, -0.2) is 9.59 Å². The number of ether oxygens (including phenoxy) is 2. The predicted octanol–water partition coefficient (Wildman–Crippen LogP) is 2.31. The Labute approximate surface area is 142 Å². The van der Waals surface area contributed by atoms with Crippen molar-refractivity contribution in [1.82, 2.24) is 4.90 Å². The molecule has 1 aliphatic heterocycles. The third kappa shape index (κ3) is 5.09. The molecule has 0 unspecified atom stereocenters. The highest BCUT2D eigenvalue weighted by Gasteiger charge is 2.16. The maximum atomic E-state index is 11.9. The summed E-state index contributed by atoms with van der Waals surface area (Å²) in [4.78, 5) is 25.8. The lowest BCUT2D eigenvalue weighted by molar-refractivity contribution is -0.138. The molecule has 1 heterocycles. The van der Waals surface area contributed by atoms with E-state index in [1.54, 1.807) is 0 Å². The Morgan fingerprint density at radius 1 is 1.12 bits per heavy atom. The molecular weight excluding hydrogens is 308 g/mol. The number of nitrogens with zero attached hydrogens (tertiary/aromatic N) is 1. The number of anilines is 1. The average Bonchev–Trinajstić information content (AvgIpc) is 2.62. The number of para-hydroxylation sites is 1. The van der Waals surface area contributed by atoms with Crippen LogP contribution in [0.25, 0.3) is 0 Å². The van der Waals surface area contributed by atoms with Gasteiger partial charge in [0.15, 0.2) is 0 Å². The number of hydrogen-bond donors (Lipinski definition) is 1. The zero-order chi connectivity index (χ0) is 17.4. The summed E-state index contributed by atoms with van der Waals surface area (Å²) in [5.74, 6) is -1.23. The first-order chi connectivity index (χ1) is 11.6. The lowest BCUT2D eigenvalue weighted by atomic mass is 10.1. The number of nitrogens with one attached hydrogen (secondary N) is 1. The van der Waals surface area contributed by atoms with E-state index in [1.807, 2.05) is 24.3 Å². The van der Waals surface area contributed by atoms with Crippen molar-refractivity contribution in [2.24, 2.45) is 0 Å². The third-order valence-electron chi connectivity index (χ3n) is 4.00. The summed E-state index contributed by atoms with van der Waals surface area (Å²) in [6.07, 6.45) is 4.81. The highest BCUT2D eigenvalue weighted by molar-refractivity contribution is 5.98. The Morgan fingerprint density at radius 3 is 2.50 bits per heavy atom. The van der Waals surface area contributed by atoms with E-state index < -0.39 is 11.9 Å². The molecule has 0 aliphatic carbocycles. The van der Waals surface area contributed by atoms with Gasteiger partial charge in [-0.3, -0.25) is 4.90 Å². The normalized spacial score (nSPS) is 15.7. The van der Waals surface area contributed by atoms with Crippen molar-refractivity contribution in [3.8, 4) is 0 Å². The topological polar surface area (TPSA) is 67.9 Å². The standard InChI is InChI=1S/C18H24N2O4/c1-23-17(21)12-16(18(22)24-2)19-15-9-5-4-8-14(15)13-20-10-6-3-7-11-20/h4-5,8-9,12,19H,3,6-7,10-11,13H2,1-2H3/b16-12+. The number of carbonyl (C=O) groups is 2. The molecule has 0 amide bonds. The van der Waals surface area contributed by atoms with Crippen LogP contribution >= 0.6 is 0 Å². The van der Waals surface area contributed by atoms with Crippen LogP contribution in [0.15, 0.2) is 36.0 Å². The summed E-state index contributed by atoms with van der Waals surface area (Å²) in [5.41, 5.74) is 1.90. The van der Waals surface area contributed by atoms with E-state index >= 15 is 0 Å². The summed E-state index contributed by atoms with van der Waals surface area (Å²) in [7, 11) is 2.53. The molecule has 0 saturated carbocycles. The fraction of sp³-hybridized carbons (Fsp3) is 0.444. The Kier molecular flexibility index (Phi) is 6.81. The molecule has 0 atom stereocenters. The molecule has 0 spiro atoms. The second kappa shape index (κ2) is 9.08. The number of piperidine rings is 1.